The number of halogens is 1. The second kappa shape index (κ2) is 9.87. The number of fused-ring (bicyclic) bond motifs is 1. The molecule has 5 rings (SSSR count). The maximum atomic E-state index is 13.8. The molecular weight excluding hydrogens is 475 g/mol. The van der Waals surface area contributed by atoms with Crippen molar-refractivity contribution in [2.45, 2.75) is 26.5 Å². The van der Waals surface area contributed by atoms with Crippen molar-refractivity contribution in [2.75, 3.05) is 0 Å². The molecule has 0 N–H and O–H groups in total. The summed E-state index contributed by atoms with van der Waals surface area (Å²) in [7, 11) is 0. The first-order chi connectivity index (χ1) is 17.4. The van der Waals surface area contributed by atoms with E-state index < -0.39 is 17.8 Å². The molecule has 0 spiro atoms. The summed E-state index contributed by atoms with van der Waals surface area (Å²) in [4.78, 5) is 32.0. The first kappa shape index (κ1) is 23.6. The van der Waals surface area contributed by atoms with Crippen LogP contribution in [0.3, 0.4) is 0 Å². The molecule has 1 aliphatic rings. The van der Waals surface area contributed by atoms with Crippen LogP contribution in [0.1, 0.15) is 35.2 Å². The van der Waals surface area contributed by atoms with E-state index in [1.807, 2.05) is 67.6 Å². The monoisotopic (exact) mass is 498 g/mol. The van der Waals surface area contributed by atoms with Crippen LogP contribution in [0.25, 0.3) is 6.08 Å². The Balaban J connectivity index is 1.61. The molecule has 4 aromatic rings. The minimum absolute atomic E-state index is 0.0877. The number of rotatable bonds is 5. The molecule has 2 heterocycles. The molecule has 0 fully saturated rings. The third kappa shape index (κ3) is 4.70. The Kier molecular flexibility index (Phi) is 6.48. The largest absolute Gasteiger partial charge is 0.457 e. The minimum Gasteiger partial charge on any atom is -0.457 e. The number of carbonyl (C=O) groups excluding carboxylic acids is 1. The Morgan fingerprint density at radius 3 is 2.42 bits per heavy atom. The lowest BCUT2D eigenvalue weighted by atomic mass is 9.96. The maximum Gasteiger partial charge on any atom is 0.338 e. The highest BCUT2D eigenvalue weighted by Crippen LogP contribution is 2.31. The summed E-state index contributed by atoms with van der Waals surface area (Å²) in [5.41, 5.74) is 3.91. The molecule has 0 saturated carbocycles. The summed E-state index contributed by atoms with van der Waals surface area (Å²) in [6.45, 7) is 3.82. The summed E-state index contributed by atoms with van der Waals surface area (Å²) >= 11 is 1.26. The number of hydrogen-bond donors (Lipinski definition) is 0. The van der Waals surface area contributed by atoms with E-state index in [4.69, 9.17) is 4.74 Å². The first-order valence-corrected chi connectivity index (χ1v) is 12.3. The first-order valence-electron chi connectivity index (χ1n) is 11.5. The number of benzene rings is 3. The Bertz CT molecular complexity index is 1630. The molecule has 0 bridgehead atoms. The fraction of sp³-hybridized carbons (Fsp3) is 0.138. The summed E-state index contributed by atoms with van der Waals surface area (Å²) in [5, 5.41) is 0. The van der Waals surface area contributed by atoms with Gasteiger partial charge in [0.05, 0.1) is 21.8 Å². The van der Waals surface area contributed by atoms with Crippen LogP contribution in [0.4, 0.5) is 4.39 Å². The molecule has 180 valence electrons. The van der Waals surface area contributed by atoms with Crippen LogP contribution in [0, 0.1) is 12.7 Å². The van der Waals surface area contributed by atoms with Crippen molar-refractivity contribution in [3.8, 4) is 0 Å². The van der Waals surface area contributed by atoms with Crippen LogP contribution in [0.2, 0.25) is 0 Å². The van der Waals surface area contributed by atoms with Gasteiger partial charge < -0.3 is 4.74 Å². The minimum atomic E-state index is -0.787. The topological polar surface area (TPSA) is 60.7 Å². The highest BCUT2D eigenvalue weighted by Gasteiger charge is 2.33. The van der Waals surface area contributed by atoms with Crippen molar-refractivity contribution in [2.24, 2.45) is 4.99 Å². The van der Waals surface area contributed by atoms with Gasteiger partial charge in [-0.05, 0) is 48.7 Å². The average Bonchev–Trinajstić information content (AvgIpc) is 3.18. The molecule has 0 amide bonds. The zero-order chi connectivity index (χ0) is 25.2. The second-order valence-corrected chi connectivity index (χ2v) is 9.61. The molecule has 1 aromatic heterocycles. The van der Waals surface area contributed by atoms with Crippen molar-refractivity contribution >= 4 is 23.4 Å². The number of esters is 1. The number of allylic oxidation sites excluding steroid dienone is 1. The van der Waals surface area contributed by atoms with Crippen molar-refractivity contribution in [3.63, 3.8) is 0 Å². The third-order valence-electron chi connectivity index (χ3n) is 6.02. The van der Waals surface area contributed by atoms with Crippen LogP contribution in [0.5, 0.6) is 0 Å². The highest BCUT2D eigenvalue weighted by molar-refractivity contribution is 7.07. The quantitative estimate of drug-likeness (QED) is 0.383. The van der Waals surface area contributed by atoms with E-state index in [-0.39, 0.29) is 17.7 Å². The zero-order valence-electron chi connectivity index (χ0n) is 19.8. The molecule has 3 aromatic carbocycles. The summed E-state index contributed by atoms with van der Waals surface area (Å²) < 4.78 is 21.4. The van der Waals surface area contributed by atoms with E-state index in [9.17, 15) is 14.0 Å². The van der Waals surface area contributed by atoms with Gasteiger partial charge in [0, 0.05) is 0 Å². The zero-order valence-corrected chi connectivity index (χ0v) is 20.6. The van der Waals surface area contributed by atoms with Gasteiger partial charge in [-0.15, -0.1) is 0 Å². The number of hydrogen-bond acceptors (Lipinski definition) is 5. The standard InChI is InChI=1S/C29H23FN2O3S/c1-18-8-10-20(11-9-18)16-24-27(33)32-26(22-12-14-23(30)15-13-22)25(19(2)31-29(32)36-24)28(34)35-17-21-6-4-3-5-7-21/h3-16,26H,17H2,1-2H3/b24-16-. The SMILES string of the molecule is CC1=C(C(=O)OCc2ccccc2)C(c2ccc(F)cc2)n2c(s/c(=C\c3ccc(C)cc3)c2=O)=N1. The van der Waals surface area contributed by atoms with E-state index in [2.05, 4.69) is 4.99 Å². The van der Waals surface area contributed by atoms with Crippen LogP contribution in [-0.2, 0) is 16.1 Å². The smallest absolute Gasteiger partial charge is 0.338 e. The maximum absolute atomic E-state index is 13.8. The summed E-state index contributed by atoms with van der Waals surface area (Å²) in [5.74, 6) is -0.971. The number of nitrogens with zero attached hydrogens (tertiary/aromatic N) is 2. The Morgan fingerprint density at radius 2 is 1.72 bits per heavy atom. The molecule has 1 aliphatic heterocycles. The number of ether oxygens (including phenoxy) is 1. The molecule has 1 atom stereocenters. The number of aryl methyl sites for hydroxylation is 1. The molecule has 0 saturated heterocycles. The predicted molar refractivity (Wildman–Crippen MR) is 138 cm³/mol. The highest BCUT2D eigenvalue weighted by atomic mass is 32.1. The average molecular weight is 499 g/mol. The van der Waals surface area contributed by atoms with Gasteiger partial charge in [0.25, 0.3) is 5.56 Å². The fourth-order valence-electron chi connectivity index (χ4n) is 4.16. The van der Waals surface area contributed by atoms with Gasteiger partial charge in [-0.25, -0.2) is 14.2 Å². The number of carbonyl (C=O) groups is 1. The number of thiazole rings is 1. The molecule has 0 aliphatic carbocycles. The second-order valence-electron chi connectivity index (χ2n) is 8.61. The van der Waals surface area contributed by atoms with Crippen molar-refractivity contribution < 1.29 is 13.9 Å². The molecule has 7 heteroatoms. The lowest BCUT2D eigenvalue weighted by Gasteiger charge is -2.24. The van der Waals surface area contributed by atoms with Gasteiger partial charge in [-0.3, -0.25) is 9.36 Å². The van der Waals surface area contributed by atoms with Gasteiger partial charge in [0.15, 0.2) is 4.80 Å². The van der Waals surface area contributed by atoms with Gasteiger partial charge >= 0.3 is 5.97 Å². The van der Waals surface area contributed by atoms with E-state index in [0.717, 1.165) is 16.7 Å². The van der Waals surface area contributed by atoms with Crippen LogP contribution >= 0.6 is 11.3 Å². The summed E-state index contributed by atoms with van der Waals surface area (Å²) in [6, 6.07) is 22.2. The lowest BCUT2D eigenvalue weighted by molar-refractivity contribution is -0.140. The summed E-state index contributed by atoms with van der Waals surface area (Å²) in [6.07, 6.45) is 1.82. The van der Waals surface area contributed by atoms with Crippen LogP contribution in [0.15, 0.2) is 99.9 Å². The molecule has 5 nitrogen and oxygen atoms in total. The van der Waals surface area contributed by atoms with Gasteiger partial charge in [-0.1, -0.05) is 83.6 Å². The Hall–Kier alpha value is -4.10. The molecular formula is C29H23FN2O3S. The van der Waals surface area contributed by atoms with E-state index in [0.29, 0.717) is 20.6 Å². The number of aromatic nitrogens is 1. The van der Waals surface area contributed by atoms with Gasteiger partial charge in [0.2, 0.25) is 0 Å². The van der Waals surface area contributed by atoms with Crippen LogP contribution < -0.4 is 14.9 Å². The van der Waals surface area contributed by atoms with Crippen LogP contribution in [-0.4, -0.2) is 10.5 Å². The van der Waals surface area contributed by atoms with E-state index >= 15 is 0 Å². The Labute approximate surface area is 211 Å². The van der Waals surface area contributed by atoms with Crippen molar-refractivity contribution in [1.82, 2.24) is 4.57 Å². The third-order valence-corrected chi connectivity index (χ3v) is 7.00. The molecule has 1 unspecified atom stereocenters. The predicted octanol–water partition coefficient (Wildman–Crippen LogP) is 4.43. The fourth-order valence-corrected chi connectivity index (χ4v) is 5.20. The van der Waals surface area contributed by atoms with Crippen molar-refractivity contribution in [3.05, 3.63) is 138 Å². The van der Waals surface area contributed by atoms with Gasteiger partial charge in [0.1, 0.15) is 12.4 Å². The normalized spacial score (nSPS) is 15.4. The Morgan fingerprint density at radius 1 is 1.03 bits per heavy atom. The van der Waals surface area contributed by atoms with Gasteiger partial charge in [-0.2, -0.15) is 0 Å². The van der Waals surface area contributed by atoms with E-state index in [1.54, 1.807) is 19.1 Å². The van der Waals surface area contributed by atoms with Crippen molar-refractivity contribution in [1.29, 1.82) is 0 Å². The lowest BCUT2D eigenvalue weighted by Crippen LogP contribution is -2.39. The van der Waals surface area contributed by atoms with E-state index in [1.165, 1.54) is 28.0 Å². The molecule has 36 heavy (non-hydrogen) atoms. The molecule has 0 radical (unpaired) electrons.